The molecule has 0 radical (unpaired) electrons. The molecule has 1 rings (SSSR count). The van der Waals surface area contributed by atoms with Crippen molar-refractivity contribution in [3.8, 4) is 0 Å². The average Bonchev–Trinajstić information content (AvgIpc) is 2.21. The van der Waals surface area contributed by atoms with Crippen LogP contribution in [0.5, 0.6) is 0 Å². The highest BCUT2D eigenvalue weighted by molar-refractivity contribution is 9.10. The molecule has 0 spiro atoms. The molecule has 0 aliphatic rings. The first kappa shape index (κ1) is 12.7. The zero-order chi connectivity index (χ0) is 11.3. The first-order chi connectivity index (χ1) is 7.13. The minimum atomic E-state index is 0.619. The molecule has 0 aliphatic heterocycles. The van der Waals surface area contributed by atoms with Crippen molar-refractivity contribution in [2.45, 2.75) is 32.7 Å². The predicted octanol–water partition coefficient (Wildman–Crippen LogP) is 3.63. The lowest BCUT2D eigenvalue weighted by Crippen LogP contribution is -2.30. The van der Waals surface area contributed by atoms with Gasteiger partial charge in [0.1, 0.15) is 0 Å². The monoisotopic (exact) mass is 269 g/mol. The number of nitrogens with one attached hydrogen (secondary N) is 1. The van der Waals surface area contributed by atoms with E-state index in [0.717, 1.165) is 10.9 Å². The average molecular weight is 270 g/mol. The molecule has 0 aliphatic carbocycles. The summed E-state index contributed by atoms with van der Waals surface area (Å²) in [5.41, 5.74) is 1.42. The van der Waals surface area contributed by atoms with E-state index in [-0.39, 0.29) is 0 Å². The number of hydrogen-bond donors (Lipinski definition) is 1. The smallest absolute Gasteiger partial charge is 0.0175 e. The molecule has 1 N–H and O–H groups in total. The Morgan fingerprint density at radius 3 is 2.27 bits per heavy atom. The third-order valence-electron chi connectivity index (χ3n) is 2.83. The molecule has 1 aromatic carbocycles. The number of halogens is 1. The first-order valence-corrected chi connectivity index (χ1v) is 6.34. The van der Waals surface area contributed by atoms with E-state index in [0.29, 0.717) is 12.0 Å². The molecule has 2 heteroatoms. The van der Waals surface area contributed by atoms with Crippen molar-refractivity contribution in [2.75, 3.05) is 7.05 Å². The summed E-state index contributed by atoms with van der Waals surface area (Å²) in [4.78, 5) is 0. The number of aryl methyl sites for hydroxylation is 1. The summed E-state index contributed by atoms with van der Waals surface area (Å²) < 4.78 is 1.15. The van der Waals surface area contributed by atoms with Crippen LogP contribution in [0.1, 0.15) is 25.8 Å². The van der Waals surface area contributed by atoms with E-state index < -0.39 is 0 Å². The lowest BCUT2D eigenvalue weighted by atomic mass is 9.97. The molecule has 84 valence electrons. The fourth-order valence-corrected chi connectivity index (χ4v) is 2.05. The predicted molar refractivity (Wildman–Crippen MR) is 70.1 cm³/mol. The van der Waals surface area contributed by atoms with Gasteiger partial charge in [0, 0.05) is 10.5 Å². The molecular formula is C13H20BrN. The number of benzene rings is 1. The minimum Gasteiger partial charge on any atom is -0.317 e. The van der Waals surface area contributed by atoms with E-state index in [1.54, 1.807) is 0 Å². The van der Waals surface area contributed by atoms with Crippen LogP contribution in [0, 0.1) is 5.92 Å². The SMILES string of the molecule is CNC(CCc1ccc(Br)cc1)C(C)C. The highest BCUT2D eigenvalue weighted by Crippen LogP contribution is 2.14. The zero-order valence-corrected chi connectivity index (χ0v) is 11.3. The molecule has 0 saturated carbocycles. The maximum Gasteiger partial charge on any atom is 0.0175 e. The molecule has 0 fully saturated rings. The quantitative estimate of drug-likeness (QED) is 0.861. The number of hydrogen-bond acceptors (Lipinski definition) is 1. The van der Waals surface area contributed by atoms with Gasteiger partial charge < -0.3 is 5.32 Å². The third-order valence-corrected chi connectivity index (χ3v) is 3.36. The van der Waals surface area contributed by atoms with Crippen LogP contribution in [0.4, 0.5) is 0 Å². The van der Waals surface area contributed by atoms with Crippen molar-refractivity contribution in [1.29, 1.82) is 0 Å². The second-order valence-corrected chi connectivity index (χ2v) is 5.22. The third kappa shape index (κ3) is 4.35. The fraction of sp³-hybridized carbons (Fsp3) is 0.538. The minimum absolute atomic E-state index is 0.619. The Morgan fingerprint density at radius 2 is 1.80 bits per heavy atom. The standard InChI is InChI=1S/C13H20BrN/c1-10(2)13(15-3)9-6-11-4-7-12(14)8-5-11/h4-5,7-8,10,13,15H,6,9H2,1-3H3. The summed E-state index contributed by atoms with van der Waals surface area (Å²) in [5, 5.41) is 3.37. The van der Waals surface area contributed by atoms with Crippen LogP contribution in [0.2, 0.25) is 0 Å². The first-order valence-electron chi connectivity index (χ1n) is 5.55. The van der Waals surface area contributed by atoms with E-state index in [4.69, 9.17) is 0 Å². The highest BCUT2D eigenvalue weighted by atomic mass is 79.9. The molecule has 0 aromatic heterocycles. The van der Waals surface area contributed by atoms with Gasteiger partial charge in [0.25, 0.3) is 0 Å². The van der Waals surface area contributed by atoms with Crippen LogP contribution in [0.3, 0.4) is 0 Å². The summed E-state index contributed by atoms with van der Waals surface area (Å²) >= 11 is 3.45. The summed E-state index contributed by atoms with van der Waals surface area (Å²) in [6.45, 7) is 4.53. The Balaban J connectivity index is 2.45. The van der Waals surface area contributed by atoms with Crippen molar-refractivity contribution in [3.05, 3.63) is 34.3 Å². The van der Waals surface area contributed by atoms with Gasteiger partial charge >= 0.3 is 0 Å². The van der Waals surface area contributed by atoms with Gasteiger partial charge in [-0.25, -0.2) is 0 Å². The molecule has 0 saturated heterocycles. The lowest BCUT2D eigenvalue weighted by molar-refractivity contribution is 0.403. The topological polar surface area (TPSA) is 12.0 Å². The van der Waals surface area contributed by atoms with Gasteiger partial charge in [-0.3, -0.25) is 0 Å². The van der Waals surface area contributed by atoms with Crippen LogP contribution < -0.4 is 5.32 Å². The van der Waals surface area contributed by atoms with Gasteiger partial charge in [0.2, 0.25) is 0 Å². The zero-order valence-electron chi connectivity index (χ0n) is 9.76. The van der Waals surface area contributed by atoms with Crippen LogP contribution in [0.15, 0.2) is 28.7 Å². The molecule has 1 atom stereocenters. The second kappa shape index (κ2) is 6.29. The molecule has 1 aromatic rings. The fourth-order valence-electron chi connectivity index (χ4n) is 1.78. The van der Waals surface area contributed by atoms with E-state index >= 15 is 0 Å². The maximum absolute atomic E-state index is 3.45. The lowest BCUT2D eigenvalue weighted by Gasteiger charge is -2.19. The van der Waals surface area contributed by atoms with Gasteiger partial charge in [-0.15, -0.1) is 0 Å². The summed E-state index contributed by atoms with van der Waals surface area (Å²) in [7, 11) is 2.05. The van der Waals surface area contributed by atoms with Gasteiger partial charge in [0.15, 0.2) is 0 Å². The van der Waals surface area contributed by atoms with Crippen LogP contribution in [-0.4, -0.2) is 13.1 Å². The normalized spacial score (nSPS) is 13.1. The highest BCUT2D eigenvalue weighted by Gasteiger charge is 2.10. The molecule has 0 heterocycles. The van der Waals surface area contributed by atoms with Crippen molar-refractivity contribution < 1.29 is 0 Å². The Hall–Kier alpha value is -0.340. The molecule has 0 amide bonds. The number of rotatable bonds is 5. The summed E-state index contributed by atoms with van der Waals surface area (Å²) in [6.07, 6.45) is 2.35. The van der Waals surface area contributed by atoms with Crippen molar-refractivity contribution in [1.82, 2.24) is 5.32 Å². The largest absolute Gasteiger partial charge is 0.317 e. The van der Waals surface area contributed by atoms with Gasteiger partial charge in [0.05, 0.1) is 0 Å². The molecule has 0 bridgehead atoms. The van der Waals surface area contributed by atoms with Crippen molar-refractivity contribution in [3.63, 3.8) is 0 Å². The molecule has 1 nitrogen and oxygen atoms in total. The van der Waals surface area contributed by atoms with Crippen molar-refractivity contribution >= 4 is 15.9 Å². The van der Waals surface area contributed by atoms with E-state index in [9.17, 15) is 0 Å². The summed E-state index contributed by atoms with van der Waals surface area (Å²) in [5.74, 6) is 0.699. The molecule has 15 heavy (non-hydrogen) atoms. The van der Waals surface area contributed by atoms with E-state index in [1.165, 1.54) is 12.0 Å². The molecule has 1 unspecified atom stereocenters. The van der Waals surface area contributed by atoms with Crippen LogP contribution >= 0.6 is 15.9 Å². The maximum atomic E-state index is 3.45. The second-order valence-electron chi connectivity index (χ2n) is 4.30. The molecular weight excluding hydrogens is 250 g/mol. The van der Waals surface area contributed by atoms with Crippen molar-refractivity contribution in [2.24, 2.45) is 5.92 Å². The van der Waals surface area contributed by atoms with E-state index in [1.807, 2.05) is 7.05 Å². The van der Waals surface area contributed by atoms with Gasteiger partial charge in [-0.05, 0) is 43.5 Å². The van der Waals surface area contributed by atoms with Gasteiger partial charge in [-0.2, -0.15) is 0 Å². The Morgan fingerprint density at radius 1 is 1.20 bits per heavy atom. The van der Waals surface area contributed by atoms with Crippen LogP contribution in [-0.2, 0) is 6.42 Å². The van der Waals surface area contributed by atoms with E-state index in [2.05, 4.69) is 59.4 Å². The Labute approximate surface area is 101 Å². The Bertz CT molecular complexity index is 279. The summed E-state index contributed by atoms with van der Waals surface area (Å²) in [6, 6.07) is 9.22. The van der Waals surface area contributed by atoms with Gasteiger partial charge in [-0.1, -0.05) is 41.9 Å². The Kier molecular flexibility index (Phi) is 5.34. The van der Waals surface area contributed by atoms with Crippen LogP contribution in [0.25, 0.3) is 0 Å².